The number of nitrogens with zero attached hydrogens (tertiary/aromatic N) is 2. The third kappa shape index (κ3) is 5.43. The lowest BCUT2D eigenvalue weighted by Crippen LogP contribution is -2.41. The molecule has 0 spiro atoms. The van der Waals surface area contributed by atoms with Crippen LogP contribution in [-0.4, -0.2) is 33.9 Å². The molecule has 9 heteroatoms. The lowest BCUT2D eigenvalue weighted by molar-refractivity contribution is -0.117. The van der Waals surface area contributed by atoms with Gasteiger partial charge in [0.05, 0.1) is 5.75 Å². The Bertz CT molecular complexity index is 789. The van der Waals surface area contributed by atoms with Crippen LogP contribution in [0, 0.1) is 13.8 Å². The molecule has 1 heterocycles. The van der Waals surface area contributed by atoms with Gasteiger partial charge in [-0.05, 0) is 49.9 Å². The molecular formula is C16H19N5O2S2. The maximum Gasteiger partial charge on any atom is 0.321 e. The summed E-state index contributed by atoms with van der Waals surface area (Å²) < 4.78 is 0.670. The summed E-state index contributed by atoms with van der Waals surface area (Å²) in [5, 5.41) is 17.0. The minimum Gasteiger partial charge on any atom is -0.335 e. The number of aryl methyl sites for hydroxylation is 2. The predicted molar refractivity (Wildman–Crippen MR) is 99.5 cm³/mol. The molecule has 3 amide bonds. The van der Waals surface area contributed by atoms with Crippen molar-refractivity contribution in [3.63, 3.8) is 0 Å². The van der Waals surface area contributed by atoms with Crippen LogP contribution < -0.4 is 16.0 Å². The Balaban J connectivity index is 1.46. The average Bonchev–Trinajstić information content (AvgIpc) is 3.25. The molecular weight excluding hydrogens is 358 g/mol. The maximum atomic E-state index is 11.7. The van der Waals surface area contributed by atoms with E-state index in [0.717, 1.165) is 18.5 Å². The quantitative estimate of drug-likeness (QED) is 0.670. The number of carbonyl (C=O) groups is 2. The molecule has 0 radical (unpaired) electrons. The minimum atomic E-state index is -0.428. The predicted octanol–water partition coefficient (Wildman–Crippen LogP) is 2.98. The summed E-state index contributed by atoms with van der Waals surface area (Å²) in [6.45, 7) is 4.12. The summed E-state index contributed by atoms with van der Waals surface area (Å²) in [6.07, 6.45) is 1.97. The summed E-state index contributed by atoms with van der Waals surface area (Å²) in [6, 6.07) is 5.88. The molecule has 1 fully saturated rings. The Labute approximate surface area is 154 Å². The van der Waals surface area contributed by atoms with Crippen molar-refractivity contribution >= 4 is 45.9 Å². The second kappa shape index (κ2) is 7.83. The third-order valence-corrected chi connectivity index (χ3v) is 5.63. The molecule has 1 aliphatic carbocycles. The Morgan fingerprint density at radius 1 is 1.24 bits per heavy atom. The summed E-state index contributed by atoms with van der Waals surface area (Å²) in [5.41, 5.74) is 3.38. The van der Waals surface area contributed by atoms with Gasteiger partial charge in [-0.25, -0.2) is 4.79 Å². The normalized spacial score (nSPS) is 13.4. The zero-order valence-corrected chi connectivity index (χ0v) is 15.6. The molecule has 2 aromatic rings. The number of aromatic nitrogens is 2. The Kier molecular flexibility index (Phi) is 5.54. The van der Waals surface area contributed by atoms with Gasteiger partial charge >= 0.3 is 6.03 Å². The number of amides is 3. The highest BCUT2D eigenvalue weighted by atomic mass is 32.2. The van der Waals surface area contributed by atoms with Gasteiger partial charge < -0.3 is 10.6 Å². The molecule has 0 aliphatic heterocycles. The molecule has 132 valence electrons. The van der Waals surface area contributed by atoms with Gasteiger partial charge in [-0.1, -0.05) is 29.2 Å². The number of hydrogen-bond donors (Lipinski definition) is 3. The molecule has 0 unspecified atom stereocenters. The SMILES string of the molecule is Cc1ccc(Nc2nnc(SCC(=O)NC(=O)NC3CC3)s2)cc1C. The van der Waals surface area contributed by atoms with Crippen LogP contribution in [0.1, 0.15) is 24.0 Å². The third-order valence-electron chi connectivity index (χ3n) is 3.66. The highest BCUT2D eigenvalue weighted by Gasteiger charge is 2.23. The van der Waals surface area contributed by atoms with Gasteiger partial charge in [0.15, 0.2) is 4.34 Å². The number of carbonyl (C=O) groups excluding carboxylic acids is 2. The first-order valence-corrected chi connectivity index (χ1v) is 9.71. The lowest BCUT2D eigenvalue weighted by Gasteiger charge is -2.05. The first-order valence-electron chi connectivity index (χ1n) is 7.90. The van der Waals surface area contributed by atoms with Gasteiger partial charge in [-0.15, -0.1) is 10.2 Å². The van der Waals surface area contributed by atoms with E-state index in [2.05, 4.69) is 46.1 Å². The van der Waals surface area contributed by atoms with E-state index < -0.39 is 6.03 Å². The number of thioether (sulfide) groups is 1. The van der Waals surface area contributed by atoms with E-state index in [1.54, 1.807) is 0 Å². The van der Waals surface area contributed by atoms with E-state index >= 15 is 0 Å². The summed E-state index contributed by atoms with van der Waals surface area (Å²) >= 11 is 2.62. The fraction of sp³-hybridized carbons (Fsp3) is 0.375. The molecule has 1 aromatic heterocycles. The first kappa shape index (κ1) is 17.7. The van der Waals surface area contributed by atoms with E-state index in [1.165, 1.54) is 34.2 Å². The summed E-state index contributed by atoms with van der Waals surface area (Å²) in [4.78, 5) is 23.2. The molecule has 1 aliphatic rings. The fourth-order valence-electron chi connectivity index (χ4n) is 2.00. The van der Waals surface area contributed by atoms with Gasteiger partial charge in [0.2, 0.25) is 11.0 Å². The number of rotatable bonds is 6. The average molecular weight is 377 g/mol. The first-order chi connectivity index (χ1) is 12.0. The van der Waals surface area contributed by atoms with Crippen LogP contribution in [0.4, 0.5) is 15.6 Å². The minimum absolute atomic E-state index is 0.121. The standard InChI is InChI=1S/C16H19N5O2S2/c1-9-3-4-12(7-10(9)2)18-15-20-21-16(25-15)24-8-13(22)19-14(23)17-11-5-6-11/h3-4,7,11H,5-6,8H2,1-2H3,(H,18,20)(H2,17,19,22,23). The van der Waals surface area contributed by atoms with Crippen LogP contribution in [0.25, 0.3) is 0 Å². The molecule has 1 aromatic carbocycles. The van der Waals surface area contributed by atoms with Gasteiger partial charge in [0, 0.05) is 11.7 Å². The number of benzene rings is 1. The zero-order valence-electron chi connectivity index (χ0n) is 14.0. The highest BCUT2D eigenvalue weighted by molar-refractivity contribution is 8.01. The van der Waals surface area contributed by atoms with Crippen LogP contribution in [0.15, 0.2) is 22.5 Å². The number of anilines is 2. The zero-order chi connectivity index (χ0) is 17.8. The van der Waals surface area contributed by atoms with Gasteiger partial charge in [0.1, 0.15) is 0 Å². The number of hydrogen-bond acceptors (Lipinski definition) is 7. The van der Waals surface area contributed by atoms with Crippen molar-refractivity contribution in [1.82, 2.24) is 20.8 Å². The van der Waals surface area contributed by atoms with Crippen molar-refractivity contribution < 1.29 is 9.59 Å². The Hall–Kier alpha value is -2.13. The van der Waals surface area contributed by atoms with Crippen molar-refractivity contribution in [1.29, 1.82) is 0 Å². The van der Waals surface area contributed by atoms with Crippen molar-refractivity contribution in [3.05, 3.63) is 29.3 Å². The molecule has 0 atom stereocenters. The molecule has 0 saturated heterocycles. The van der Waals surface area contributed by atoms with Gasteiger partial charge in [0.25, 0.3) is 0 Å². The van der Waals surface area contributed by atoms with E-state index in [4.69, 9.17) is 0 Å². The van der Waals surface area contributed by atoms with Gasteiger partial charge in [-0.2, -0.15) is 0 Å². The van der Waals surface area contributed by atoms with E-state index in [9.17, 15) is 9.59 Å². The topological polar surface area (TPSA) is 96.0 Å². The maximum absolute atomic E-state index is 11.7. The molecule has 1 saturated carbocycles. The number of urea groups is 1. The number of imide groups is 1. The summed E-state index contributed by atoms with van der Waals surface area (Å²) in [5.74, 6) is -0.224. The van der Waals surface area contributed by atoms with Gasteiger partial charge in [-0.3, -0.25) is 10.1 Å². The Morgan fingerprint density at radius 3 is 2.76 bits per heavy atom. The van der Waals surface area contributed by atoms with Crippen molar-refractivity contribution in [2.24, 2.45) is 0 Å². The van der Waals surface area contributed by atoms with Crippen LogP contribution in [0.2, 0.25) is 0 Å². The molecule has 25 heavy (non-hydrogen) atoms. The second-order valence-corrected chi connectivity index (χ2v) is 8.08. The molecule has 0 bridgehead atoms. The largest absolute Gasteiger partial charge is 0.335 e. The second-order valence-electron chi connectivity index (χ2n) is 5.88. The van der Waals surface area contributed by atoms with Crippen LogP contribution in [-0.2, 0) is 4.79 Å². The fourth-order valence-corrected chi connectivity index (χ4v) is 3.57. The van der Waals surface area contributed by atoms with E-state index in [-0.39, 0.29) is 17.7 Å². The van der Waals surface area contributed by atoms with Crippen LogP contribution in [0.5, 0.6) is 0 Å². The monoisotopic (exact) mass is 377 g/mol. The van der Waals surface area contributed by atoms with E-state index in [0.29, 0.717) is 9.47 Å². The van der Waals surface area contributed by atoms with Crippen LogP contribution in [0.3, 0.4) is 0 Å². The van der Waals surface area contributed by atoms with Crippen molar-refractivity contribution in [3.8, 4) is 0 Å². The van der Waals surface area contributed by atoms with E-state index in [1.807, 2.05) is 12.1 Å². The number of nitrogens with one attached hydrogen (secondary N) is 3. The lowest BCUT2D eigenvalue weighted by atomic mass is 10.1. The van der Waals surface area contributed by atoms with Crippen molar-refractivity contribution in [2.45, 2.75) is 37.1 Å². The highest BCUT2D eigenvalue weighted by Crippen LogP contribution is 2.28. The van der Waals surface area contributed by atoms with Crippen molar-refractivity contribution in [2.75, 3.05) is 11.1 Å². The summed E-state index contributed by atoms with van der Waals surface area (Å²) in [7, 11) is 0. The molecule has 3 rings (SSSR count). The Morgan fingerprint density at radius 2 is 2.04 bits per heavy atom. The molecule has 7 nitrogen and oxygen atoms in total. The smallest absolute Gasteiger partial charge is 0.321 e. The molecule has 3 N–H and O–H groups in total. The van der Waals surface area contributed by atoms with Crippen LogP contribution >= 0.6 is 23.1 Å².